The number of aliphatic hydroxyl groups is 1. The molecule has 0 aromatic heterocycles. The van der Waals surface area contributed by atoms with Gasteiger partial charge in [0.25, 0.3) is 0 Å². The van der Waals surface area contributed by atoms with Gasteiger partial charge in [-0.05, 0) is 5.75 Å². The average molecular weight is 351 g/mol. The lowest BCUT2D eigenvalue weighted by Crippen LogP contribution is -2.13. The maximum atomic E-state index is 8.77. The van der Waals surface area contributed by atoms with Gasteiger partial charge in [-0.15, -0.1) is 0 Å². The monoisotopic (exact) mass is 350 g/mol. The molecule has 2 atom stereocenters. The van der Waals surface area contributed by atoms with Crippen LogP contribution in [0.5, 0.6) is 0 Å². The fraction of sp³-hybridized carbons (Fsp3) is 1.00. The van der Waals surface area contributed by atoms with Crippen LogP contribution in [0.1, 0.15) is 0 Å². The molecule has 0 fully saturated rings. The smallest absolute Gasteiger partial charge is 0.0521 e. The molecule has 0 aromatic carbocycles. The Kier molecular flexibility index (Phi) is 16.2. The van der Waals surface area contributed by atoms with Gasteiger partial charge in [0.15, 0.2) is 0 Å². The van der Waals surface area contributed by atoms with Crippen LogP contribution in [0.4, 0.5) is 0 Å². The van der Waals surface area contributed by atoms with Crippen LogP contribution >= 0.6 is 73.2 Å². The molecule has 0 amide bonds. The van der Waals surface area contributed by atoms with E-state index in [1.807, 2.05) is 35.3 Å². The highest BCUT2D eigenvalue weighted by atomic mass is 32.2. The highest BCUT2D eigenvalue weighted by Gasteiger charge is 2.09. The summed E-state index contributed by atoms with van der Waals surface area (Å²) in [5, 5.41) is 9.78. The second-order valence-corrected chi connectivity index (χ2v) is 8.56. The van der Waals surface area contributed by atoms with Crippen molar-refractivity contribution in [2.24, 2.45) is 0 Å². The molecule has 0 spiro atoms. The Labute approximate surface area is 135 Å². The summed E-state index contributed by atoms with van der Waals surface area (Å²) in [5.41, 5.74) is 0. The second kappa shape index (κ2) is 14.5. The van der Waals surface area contributed by atoms with E-state index in [0.29, 0.717) is 10.5 Å². The molecule has 0 bridgehead atoms. The molecule has 0 aliphatic heterocycles. The van der Waals surface area contributed by atoms with Gasteiger partial charge >= 0.3 is 0 Å². The zero-order valence-electron chi connectivity index (χ0n) is 9.83. The third-order valence-corrected chi connectivity index (χ3v) is 7.72. The van der Waals surface area contributed by atoms with Crippen molar-refractivity contribution in [1.29, 1.82) is 0 Å². The molecule has 7 heteroatoms. The predicted octanol–water partition coefficient (Wildman–Crippen LogP) is 2.70. The summed E-state index contributed by atoms with van der Waals surface area (Å²) in [6, 6.07) is 0. The van der Waals surface area contributed by atoms with Crippen molar-refractivity contribution in [1.82, 2.24) is 0 Å². The molecular formula is C10H22OS6. The van der Waals surface area contributed by atoms with E-state index in [2.05, 4.69) is 37.9 Å². The van der Waals surface area contributed by atoms with Gasteiger partial charge in [-0.2, -0.15) is 73.2 Å². The first-order chi connectivity index (χ1) is 8.24. The molecule has 0 radical (unpaired) electrons. The van der Waals surface area contributed by atoms with Gasteiger partial charge in [0.05, 0.1) is 6.61 Å². The fourth-order valence-corrected chi connectivity index (χ4v) is 5.64. The number of aliphatic hydroxyl groups excluding tert-OH is 1. The molecule has 0 aliphatic carbocycles. The molecule has 0 saturated heterocycles. The van der Waals surface area contributed by atoms with Crippen molar-refractivity contribution in [3.8, 4) is 0 Å². The summed E-state index contributed by atoms with van der Waals surface area (Å²) in [6.45, 7) is 0.259. The van der Waals surface area contributed by atoms with E-state index >= 15 is 0 Å². The number of thiol groups is 3. The minimum absolute atomic E-state index is 0.259. The molecule has 2 unspecified atom stereocenters. The SMILES string of the molecule is OCCSC(CS)CSCC(S)CSCCS. The third kappa shape index (κ3) is 12.8. The molecule has 0 aliphatic rings. The van der Waals surface area contributed by atoms with E-state index in [-0.39, 0.29) is 6.61 Å². The van der Waals surface area contributed by atoms with Crippen molar-refractivity contribution in [2.45, 2.75) is 10.5 Å². The van der Waals surface area contributed by atoms with E-state index in [1.165, 1.54) is 0 Å². The van der Waals surface area contributed by atoms with Crippen LogP contribution < -0.4 is 0 Å². The van der Waals surface area contributed by atoms with E-state index < -0.39 is 0 Å². The number of thioether (sulfide) groups is 3. The van der Waals surface area contributed by atoms with Gasteiger partial charge < -0.3 is 5.11 Å². The Hall–Kier alpha value is 2.06. The number of rotatable bonds is 12. The number of hydrogen-bond donors (Lipinski definition) is 4. The topological polar surface area (TPSA) is 20.2 Å². The summed E-state index contributed by atoms with van der Waals surface area (Å²) < 4.78 is 0. The summed E-state index contributed by atoms with van der Waals surface area (Å²) in [7, 11) is 0. The molecule has 0 heterocycles. The minimum atomic E-state index is 0.259. The normalized spacial score (nSPS) is 14.8. The predicted molar refractivity (Wildman–Crippen MR) is 98.5 cm³/mol. The first-order valence-corrected chi connectivity index (χ1v) is 10.7. The quantitative estimate of drug-likeness (QED) is 0.320. The average Bonchev–Trinajstić information content (AvgIpc) is 2.34. The third-order valence-electron chi connectivity index (χ3n) is 1.81. The molecule has 0 aromatic rings. The highest BCUT2D eigenvalue weighted by molar-refractivity contribution is 8.04. The first-order valence-electron chi connectivity index (χ1n) is 5.52. The van der Waals surface area contributed by atoms with Gasteiger partial charge in [-0.25, -0.2) is 0 Å². The lowest BCUT2D eigenvalue weighted by atomic mass is 10.5. The highest BCUT2D eigenvalue weighted by Crippen LogP contribution is 2.20. The van der Waals surface area contributed by atoms with Crippen LogP contribution in [0.3, 0.4) is 0 Å². The largest absolute Gasteiger partial charge is 0.396 e. The Balaban J connectivity index is 3.45. The van der Waals surface area contributed by atoms with Crippen LogP contribution in [0, 0.1) is 0 Å². The minimum Gasteiger partial charge on any atom is -0.396 e. The Morgan fingerprint density at radius 1 is 1.00 bits per heavy atom. The molecule has 1 nitrogen and oxygen atoms in total. The zero-order chi connectivity index (χ0) is 12.9. The Morgan fingerprint density at radius 2 is 1.71 bits per heavy atom. The molecule has 104 valence electrons. The molecule has 17 heavy (non-hydrogen) atoms. The second-order valence-electron chi connectivity index (χ2n) is 3.39. The lowest BCUT2D eigenvalue weighted by molar-refractivity contribution is 0.322. The summed E-state index contributed by atoms with van der Waals surface area (Å²) >= 11 is 18.8. The van der Waals surface area contributed by atoms with Crippen molar-refractivity contribution in [3.63, 3.8) is 0 Å². The summed E-state index contributed by atoms with van der Waals surface area (Å²) in [4.78, 5) is 0. The molecule has 0 rings (SSSR count). The first kappa shape index (κ1) is 19.1. The molecular weight excluding hydrogens is 329 g/mol. The van der Waals surface area contributed by atoms with Crippen LogP contribution in [0.2, 0.25) is 0 Å². The zero-order valence-corrected chi connectivity index (χ0v) is 15.0. The van der Waals surface area contributed by atoms with Crippen molar-refractivity contribution in [3.05, 3.63) is 0 Å². The van der Waals surface area contributed by atoms with E-state index in [9.17, 15) is 0 Å². The van der Waals surface area contributed by atoms with Gasteiger partial charge in [0, 0.05) is 45.0 Å². The number of hydrogen-bond acceptors (Lipinski definition) is 7. The van der Waals surface area contributed by atoms with E-state index in [0.717, 1.165) is 40.3 Å². The van der Waals surface area contributed by atoms with Gasteiger partial charge in [0.1, 0.15) is 0 Å². The maximum absolute atomic E-state index is 8.77. The van der Waals surface area contributed by atoms with Crippen molar-refractivity contribution >= 4 is 73.2 Å². The standard InChI is InChI=1S/C10H22OS6/c11-1-3-17-10(5-13)8-16-7-9(14)6-15-4-2-12/h9-14H,1-8H2. The Morgan fingerprint density at radius 3 is 2.29 bits per heavy atom. The molecule has 1 N–H and O–H groups in total. The van der Waals surface area contributed by atoms with Crippen LogP contribution in [-0.2, 0) is 0 Å². The van der Waals surface area contributed by atoms with Crippen molar-refractivity contribution in [2.75, 3.05) is 46.9 Å². The summed E-state index contributed by atoms with van der Waals surface area (Å²) in [6.07, 6.45) is 0. The van der Waals surface area contributed by atoms with Gasteiger partial charge in [0.2, 0.25) is 0 Å². The van der Waals surface area contributed by atoms with Gasteiger partial charge in [-0.3, -0.25) is 0 Å². The van der Waals surface area contributed by atoms with Crippen LogP contribution in [0.15, 0.2) is 0 Å². The van der Waals surface area contributed by atoms with Crippen LogP contribution in [-0.4, -0.2) is 62.5 Å². The van der Waals surface area contributed by atoms with Crippen LogP contribution in [0.25, 0.3) is 0 Å². The van der Waals surface area contributed by atoms with Gasteiger partial charge in [-0.1, -0.05) is 0 Å². The maximum Gasteiger partial charge on any atom is 0.0521 e. The van der Waals surface area contributed by atoms with E-state index in [4.69, 9.17) is 5.11 Å². The Bertz CT molecular complexity index is 160. The summed E-state index contributed by atoms with van der Waals surface area (Å²) in [5.74, 6) is 7.03. The fourth-order valence-electron chi connectivity index (χ4n) is 1.04. The van der Waals surface area contributed by atoms with Crippen molar-refractivity contribution < 1.29 is 5.11 Å². The van der Waals surface area contributed by atoms with E-state index in [1.54, 1.807) is 0 Å². The molecule has 0 saturated carbocycles. The lowest BCUT2D eigenvalue weighted by Gasteiger charge is -2.15.